The Hall–Kier alpha value is -0.480. The van der Waals surface area contributed by atoms with Crippen molar-refractivity contribution in [3.63, 3.8) is 0 Å². The number of nitrogens with two attached hydrogens (primary N) is 1. The molecule has 1 amide bonds. The molecule has 0 aliphatic rings. The minimum absolute atomic E-state index is 0.364. The standard InChI is InChI=1S/C9H10BrNOS/c1-13-5-6-4-7(10)2-3-8(6)9(11)12/h2-4H,5H2,1H3,(H2,11,12). The van der Waals surface area contributed by atoms with E-state index in [0.717, 1.165) is 15.8 Å². The number of amides is 1. The van der Waals surface area contributed by atoms with Gasteiger partial charge in [0.05, 0.1) is 0 Å². The van der Waals surface area contributed by atoms with Crippen molar-refractivity contribution in [3.8, 4) is 0 Å². The van der Waals surface area contributed by atoms with Crippen LogP contribution in [0.5, 0.6) is 0 Å². The second-order valence-corrected chi connectivity index (χ2v) is 4.38. The van der Waals surface area contributed by atoms with Gasteiger partial charge in [-0.25, -0.2) is 0 Å². The number of halogens is 1. The zero-order chi connectivity index (χ0) is 9.84. The Balaban J connectivity index is 3.10. The topological polar surface area (TPSA) is 43.1 Å². The van der Waals surface area contributed by atoms with Gasteiger partial charge < -0.3 is 5.73 Å². The number of rotatable bonds is 3. The minimum atomic E-state index is -0.364. The molecule has 0 heterocycles. The fourth-order valence-corrected chi connectivity index (χ4v) is 2.04. The predicted octanol–water partition coefficient (Wildman–Crippen LogP) is 2.41. The fourth-order valence-electron chi connectivity index (χ4n) is 1.08. The predicted molar refractivity (Wildman–Crippen MR) is 59.9 cm³/mol. The summed E-state index contributed by atoms with van der Waals surface area (Å²) < 4.78 is 0.974. The van der Waals surface area contributed by atoms with E-state index in [0.29, 0.717) is 5.56 Å². The van der Waals surface area contributed by atoms with Crippen molar-refractivity contribution in [1.29, 1.82) is 0 Å². The molecule has 0 bridgehead atoms. The summed E-state index contributed by atoms with van der Waals surface area (Å²) in [6.45, 7) is 0. The van der Waals surface area contributed by atoms with Gasteiger partial charge in [0.15, 0.2) is 0 Å². The van der Waals surface area contributed by atoms with E-state index in [1.165, 1.54) is 0 Å². The number of thioether (sulfide) groups is 1. The van der Waals surface area contributed by atoms with E-state index >= 15 is 0 Å². The molecule has 70 valence electrons. The Morgan fingerprint density at radius 3 is 2.85 bits per heavy atom. The number of hydrogen-bond donors (Lipinski definition) is 1. The van der Waals surface area contributed by atoms with Crippen LogP contribution in [0, 0.1) is 0 Å². The van der Waals surface area contributed by atoms with E-state index in [1.807, 2.05) is 18.4 Å². The molecule has 2 N–H and O–H groups in total. The highest BCUT2D eigenvalue weighted by Gasteiger charge is 2.07. The Morgan fingerprint density at radius 1 is 1.62 bits per heavy atom. The van der Waals surface area contributed by atoms with Crippen molar-refractivity contribution < 1.29 is 4.79 Å². The largest absolute Gasteiger partial charge is 0.366 e. The molecular formula is C9H10BrNOS. The van der Waals surface area contributed by atoms with Crippen LogP contribution >= 0.6 is 27.7 Å². The molecule has 0 radical (unpaired) electrons. The third-order valence-electron chi connectivity index (χ3n) is 1.63. The molecule has 1 rings (SSSR count). The monoisotopic (exact) mass is 259 g/mol. The number of hydrogen-bond acceptors (Lipinski definition) is 2. The first-order valence-electron chi connectivity index (χ1n) is 3.72. The van der Waals surface area contributed by atoms with Gasteiger partial charge in [-0.15, -0.1) is 0 Å². The van der Waals surface area contributed by atoms with Gasteiger partial charge in [0.2, 0.25) is 5.91 Å². The van der Waals surface area contributed by atoms with Gasteiger partial charge in [-0.05, 0) is 30.0 Å². The maximum absolute atomic E-state index is 11.0. The summed E-state index contributed by atoms with van der Waals surface area (Å²) in [4.78, 5) is 11.0. The Morgan fingerprint density at radius 2 is 2.31 bits per heavy atom. The highest BCUT2D eigenvalue weighted by atomic mass is 79.9. The van der Waals surface area contributed by atoms with Gasteiger partial charge in [-0.3, -0.25) is 4.79 Å². The maximum Gasteiger partial charge on any atom is 0.249 e. The second kappa shape index (κ2) is 4.67. The highest BCUT2D eigenvalue weighted by Crippen LogP contribution is 2.19. The van der Waals surface area contributed by atoms with Crippen LogP contribution in [0.15, 0.2) is 22.7 Å². The molecule has 0 aromatic heterocycles. The molecule has 2 nitrogen and oxygen atoms in total. The maximum atomic E-state index is 11.0. The first-order valence-corrected chi connectivity index (χ1v) is 5.91. The summed E-state index contributed by atoms with van der Waals surface area (Å²) >= 11 is 5.02. The summed E-state index contributed by atoms with van der Waals surface area (Å²) in [6, 6.07) is 5.50. The smallest absolute Gasteiger partial charge is 0.249 e. The van der Waals surface area contributed by atoms with Crippen molar-refractivity contribution in [3.05, 3.63) is 33.8 Å². The summed E-state index contributed by atoms with van der Waals surface area (Å²) in [7, 11) is 0. The molecule has 0 spiro atoms. The molecule has 1 aromatic carbocycles. The lowest BCUT2D eigenvalue weighted by Crippen LogP contribution is -2.13. The average Bonchev–Trinajstić information content (AvgIpc) is 2.04. The molecule has 0 saturated carbocycles. The third-order valence-corrected chi connectivity index (χ3v) is 2.73. The van der Waals surface area contributed by atoms with Gasteiger partial charge in [-0.1, -0.05) is 15.9 Å². The molecule has 0 aliphatic heterocycles. The van der Waals surface area contributed by atoms with E-state index in [4.69, 9.17) is 5.73 Å². The molecule has 1 aromatic rings. The van der Waals surface area contributed by atoms with Gasteiger partial charge in [0.1, 0.15) is 0 Å². The lowest BCUT2D eigenvalue weighted by Gasteiger charge is -2.05. The van der Waals surface area contributed by atoms with E-state index in [-0.39, 0.29) is 5.91 Å². The van der Waals surface area contributed by atoms with Crippen LogP contribution in [0.25, 0.3) is 0 Å². The van der Waals surface area contributed by atoms with Crippen molar-refractivity contribution in [1.82, 2.24) is 0 Å². The number of carbonyl (C=O) groups excluding carboxylic acids is 1. The van der Waals surface area contributed by atoms with Crippen LogP contribution < -0.4 is 5.73 Å². The molecule has 4 heteroatoms. The van der Waals surface area contributed by atoms with Gasteiger partial charge in [0.25, 0.3) is 0 Å². The molecule has 0 atom stereocenters. The quantitative estimate of drug-likeness (QED) is 0.906. The molecule has 0 saturated heterocycles. The number of carbonyl (C=O) groups is 1. The Labute approximate surface area is 90.0 Å². The summed E-state index contributed by atoms with van der Waals surface area (Å²) in [5.74, 6) is 0.439. The van der Waals surface area contributed by atoms with Crippen LogP contribution in [-0.4, -0.2) is 12.2 Å². The SMILES string of the molecule is CSCc1cc(Br)ccc1C(N)=O. The molecule has 0 aliphatic carbocycles. The van der Waals surface area contributed by atoms with Crippen LogP contribution in [0.2, 0.25) is 0 Å². The van der Waals surface area contributed by atoms with Crippen molar-refractivity contribution in [2.24, 2.45) is 5.73 Å². The zero-order valence-corrected chi connectivity index (χ0v) is 9.61. The second-order valence-electron chi connectivity index (χ2n) is 2.60. The Bertz CT molecular complexity index is 327. The van der Waals surface area contributed by atoms with Crippen molar-refractivity contribution >= 4 is 33.6 Å². The molecule has 0 fully saturated rings. The normalized spacial score (nSPS) is 10.0. The van der Waals surface area contributed by atoms with E-state index < -0.39 is 0 Å². The van der Waals surface area contributed by atoms with Crippen LogP contribution in [0.4, 0.5) is 0 Å². The number of primary amides is 1. The lowest BCUT2D eigenvalue weighted by molar-refractivity contribution is 0.0999. The first kappa shape index (κ1) is 10.6. The van der Waals surface area contributed by atoms with Gasteiger partial charge in [0, 0.05) is 15.8 Å². The average molecular weight is 260 g/mol. The fraction of sp³-hybridized carbons (Fsp3) is 0.222. The lowest BCUT2D eigenvalue weighted by atomic mass is 10.1. The summed E-state index contributed by atoms with van der Waals surface area (Å²) in [6.07, 6.45) is 1.99. The summed E-state index contributed by atoms with van der Waals surface area (Å²) in [5, 5.41) is 0. The van der Waals surface area contributed by atoms with Crippen LogP contribution in [-0.2, 0) is 5.75 Å². The van der Waals surface area contributed by atoms with Gasteiger partial charge in [-0.2, -0.15) is 11.8 Å². The third kappa shape index (κ3) is 2.74. The van der Waals surface area contributed by atoms with E-state index in [9.17, 15) is 4.79 Å². The van der Waals surface area contributed by atoms with E-state index in [2.05, 4.69) is 15.9 Å². The highest BCUT2D eigenvalue weighted by molar-refractivity contribution is 9.10. The minimum Gasteiger partial charge on any atom is -0.366 e. The van der Waals surface area contributed by atoms with Crippen molar-refractivity contribution in [2.75, 3.05) is 6.26 Å². The van der Waals surface area contributed by atoms with E-state index in [1.54, 1.807) is 17.8 Å². The zero-order valence-electron chi connectivity index (χ0n) is 7.21. The first-order chi connectivity index (χ1) is 6.15. The van der Waals surface area contributed by atoms with Gasteiger partial charge >= 0.3 is 0 Å². The molecular weight excluding hydrogens is 250 g/mol. The molecule has 0 unspecified atom stereocenters. The summed E-state index contributed by atoms with van der Waals surface area (Å²) in [5.41, 5.74) is 6.82. The van der Waals surface area contributed by atoms with Crippen LogP contribution in [0.1, 0.15) is 15.9 Å². The Kier molecular flexibility index (Phi) is 3.81. The number of benzene rings is 1. The van der Waals surface area contributed by atoms with Crippen molar-refractivity contribution in [2.45, 2.75) is 5.75 Å². The molecule has 13 heavy (non-hydrogen) atoms. The van der Waals surface area contributed by atoms with Crippen LogP contribution in [0.3, 0.4) is 0 Å².